The van der Waals surface area contributed by atoms with Gasteiger partial charge in [0, 0.05) is 18.0 Å². The molecule has 1 atom stereocenters. The number of benzene rings is 2. The Morgan fingerprint density at radius 3 is 2.35 bits per heavy atom. The highest BCUT2D eigenvalue weighted by Gasteiger charge is 2.35. The van der Waals surface area contributed by atoms with Crippen molar-refractivity contribution < 1.29 is 31.8 Å². The first-order chi connectivity index (χ1) is 20.7. The van der Waals surface area contributed by atoms with Crippen LogP contribution in [0.5, 0.6) is 5.75 Å². The third kappa shape index (κ3) is 6.47. The van der Waals surface area contributed by atoms with E-state index in [4.69, 9.17) is 9.47 Å². The lowest BCUT2D eigenvalue weighted by molar-refractivity contribution is -0.146. The average molecular weight is 594 g/mol. The average Bonchev–Trinajstić information content (AvgIpc) is 3.42. The van der Waals surface area contributed by atoms with Crippen molar-refractivity contribution in [3.8, 4) is 39.8 Å². The number of rotatable bonds is 10. The number of fused-ring (bicyclic) bond motifs is 1. The predicted octanol–water partition coefficient (Wildman–Crippen LogP) is 7.00. The molecule has 12 heteroatoms. The number of nitrogens with zero attached hydrogens (tertiary/aromatic N) is 5. The second kappa shape index (κ2) is 12.6. The zero-order chi connectivity index (χ0) is 30.6. The van der Waals surface area contributed by atoms with E-state index in [-0.39, 0.29) is 47.3 Å². The first-order valence-corrected chi connectivity index (χ1v) is 13.6. The summed E-state index contributed by atoms with van der Waals surface area (Å²) in [6, 6.07) is 13.1. The van der Waals surface area contributed by atoms with Gasteiger partial charge in [-0.25, -0.2) is 19.2 Å². The molecule has 1 aromatic heterocycles. The maximum Gasteiger partial charge on any atom is 0.417 e. The minimum Gasteiger partial charge on any atom is -0.494 e. The number of pyridine rings is 1. The number of hydrogen-bond acceptors (Lipinski definition) is 7. The molecule has 2 aliphatic heterocycles. The number of carbonyl (C=O) groups excluding carboxylic acids is 1. The SMILES string of the molecule is CCCOC(=O)C(c1ccc(-c2ccc(OCCC)cc2C(F)(F)F)nn1)n1ccc2nc(-c3ccccc3F)nc-2c1. The number of carbonyl (C=O) groups is 1. The Kier molecular flexibility index (Phi) is 8.65. The topological polar surface area (TPSA) is 92.0 Å². The summed E-state index contributed by atoms with van der Waals surface area (Å²) in [7, 11) is 0. The number of ether oxygens (including phenoxy) is 2. The summed E-state index contributed by atoms with van der Waals surface area (Å²) in [5, 5.41) is 8.20. The molecule has 0 N–H and O–H groups in total. The van der Waals surface area contributed by atoms with Crippen LogP contribution in [0.3, 0.4) is 0 Å². The molecule has 1 unspecified atom stereocenters. The van der Waals surface area contributed by atoms with E-state index in [2.05, 4.69) is 20.2 Å². The summed E-state index contributed by atoms with van der Waals surface area (Å²) < 4.78 is 68.5. The van der Waals surface area contributed by atoms with Crippen LogP contribution in [0.1, 0.15) is 44.0 Å². The summed E-state index contributed by atoms with van der Waals surface area (Å²) in [4.78, 5) is 22.1. The first-order valence-electron chi connectivity index (χ1n) is 13.6. The molecule has 0 bridgehead atoms. The van der Waals surface area contributed by atoms with Gasteiger partial charge >= 0.3 is 12.1 Å². The smallest absolute Gasteiger partial charge is 0.417 e. The van der Waals surface area contributed by atoms with E-state index in [1.165, 1.54) is 34.9 Å². The van der Waals surface area contributed by atoms with Gasteiger partial charge in [-0.05, 0) is 61.4 Å². The molecule has 8 nitrogen and oxygen atoms in total. The van der Waals surface area contributed by atoms with E-state index in [9.17, 15) is 22.4 Å². The molecule has 3 aromatic rings. The van der Waals surface area contributed by atoms with Gasteiger partial charge in [0.15, 0.2) is 11.9 Å². The standard InChI is InChI=1S/C31H27F4N5O3/c1-3-15-42-19-9-10-20(22(17-19)31(33,34)35)24-11-12-26(39-38-24)28(30(41)43-16-4-2)40-14-13-25-27(18-40)37-29(36-25)21-7-5-6-8-23(21)32/h5-14,17-18,28H,3-4,15-16H2,1-2H3. The number of imidazole rings is 1. The van der Waals surface area contributed by atoms with E-state index in [0.717, 1.165) is 6.07 Å². The van der Waals surface area contributed by atoms with Gasteiger partial charge in [0.05, 0.1) is 41.4 Å². The Morgan fingerprint density at radius 2 is 1.65 bits per heavy atom. The molecule has 43 heavy (non-hydrogen) atoms. The minimum absolute atomic E-state index is 0.0318. The molecule has 0 saturated heterocycles. The number of alkyl halides is 3. The Bertz CT molecular complexity index is 1690. The number of hydrogen-bond donors (Lipinski definition) is 0. The van der Waals surface area contributed by atoms with Gasteiger partial charge in [-0.3, -0.25) is 0 Å². The van der Waals surface area contributed by atoms with Gasteiger partial charge in [-0.1, -0.05) is 26.0 Å². The summed E-state index contributed by atoms with van der Waals surface area (Å²) in [5.74, 6) is -0.831. The first kappa shape index (κ1) is 29.6. The molecule has 222 valence electrons. The molecule has 2 aliphatic rings. The van der Waals surface area contributed by atoms with Gasteiger partial charge in [-0.2, -0.15) is 23.4 Å². The summed E-state index contributed by atoms with van der Waals surface area (Å²) in [6.45, 7) is 4.13. The molecule has 0 spiro atoms. The molecular weight excluding hydrogens is 566 g/mol. The van der Waals surface area contributed by atoms with Gasteiger partial charge < -0.3 is 14.0 Å². The lowest BCUT2D eigenvalue weighted by Gasteiger charge is -2.19. The van der Waals surface area contributed by atoms with Crippen LogP contribution in [0.2, 0.25) is 0 Å². The van der Waals surface area contributed by atoms with Crippen LogP contribution in [0.15, 0.2) is 73.1 Å². The maximum absolute atomic E-state index is 14.3. The van der Waals surface area contributed by atoms with E-state index < -0.39 is 29.6 Å². The molecule has 0 saturated carbocycles. The van der Waals surface area contributed by atoms with Gasteiger partial charge in [0.25, 0.3) is 0 Å². The fraction of sp³-hybridized carbons (Fsp3) is 0.258. The Balaban J connectivity index is 1.52. The molecule has 0 amide bonds. The van der Waals surface area contributed by atoms with Crippen molar-refractivity contribution in [2.45, 2.75) is 38.9 Å². The fourth-order valence-electron chi connectivity index (χ4n) is 4.45. The highest BCUT2D eigenvalue weighted by atomic mass is 19.4. The third-order valence-corrected chi connectivity index (χ3v) is 6.49. The number of halogens is 4. The van der Waals surface area contributed by atoms with Gasteiger partial charge in [0.2, 0.25) is 0 Å². The molecule has 5 rings (SSSR count). The molecule has 3 heterocycles. The van der Waals surface area contributed by atoms with Crippen molar-refractivity contribution in [3.05, 3.63) is 90.1 Å². The van der Waals surface area contributed by atoms with Gasteiger partial charge in [0.1, 0.15) is 17.3 Å². The highest BCUT2D eigenvalue weighted by Crippen LogP contribution is 2.39. The third-order valence-electron chi connectivity index (χ3n) is 6.49. The normalized spacial score (nSPS) is 12.3. The second-order valence-corrected chi connectivity index (χ2v) is 9.66. The van der Waals surface area contributed by atoms with Crippen LogP contribution in [0.25, 0.3) is 34.0 Å². The lowest BCUT2D eigenvalue weighted by Crippen LogP contribution is -2.25. The maximum atomic E-state index is 14.3. The predicted molar refractivity (Wildman–Crippen MR) is 150 cm³/mol. The number of aromatic nitrogens is 5. The van der Waals surface area contributed by atoms with Crippen LogP contribution in [0.4, 0.5) is 17.6 Å². The molecule has 2 aromatic carbocycles. The quantitative estimate of drug-likeness (QED) is 0.127. The molecule has 0 fully saturated rings. The van der Waals surface area contributed by atoms with Crippen molar-refractivity contribution in [3.63, 3.8) is 0 Å². The van der Waals surface area contributed by atoms with Crippen LogP contribution < -0.4 is 4.74 Å². The van der Waals surface area contributed by atoms with Crippen LogP contribution in [0, 0.1) is 5.82 Å². The van der Waals surface area contributed by atoms with E-state index in [1.54, 1.807) is 36.7 Å². The monoisotopic (exact) mass is 593 g/mol. The van der Waals surface area contributed by atoms with E-state index in [0.29, 0.717) is 24.2 Å². The summed E-state index contributed by atoms with van der Waals surface area (Å²) in [5.41, 5.74) is 0.107. The molecule has 0 radical (unpaired) electrons. The van der Waals surface area contributed by atoms with Gasteiger partial charge in [-0.15, -0.1) is 0 Å². The van der Waals surface area contributed by atoms with Crippen molar-refractivity contribution in [2.75, 3.05) is 13.2 Å². The zero-order valence-electron chi connectivity index (χ0n) is 23.3. The molecular formula is C31H27F4N5O3. The second-order valence-electron chi connectivity index (χ2n) is 9.66. The minimum atomic E-state index is -4.67. The summed E-state index contributed by atoms with van der Waals surface area (Å²) >= 11 is 0. The Morgan fingerprint density at radius 1 is 0.884 bits per heavy atom. The van der Waals surface area contributed by atoms with Crippen molar-refractivity contribution >= 4 is 5.97 Å². The van der Waals surface area contributed by atoms with Crippen molar-refractivity contribution in [1.29, 1.82) is 0 Å². The van der Waals surface area contributed by atoms with Crippen LogP contribution in [-0.2, 0) is 15.7 Å². The van der Waals surface area contributed by atoms with Crippen LogP contribution in [-0.4, -0.2) is 43.9 Å². The van der Waals surface area contributed by atoms with Crippen molar-refractivity contribution in [2.24, 2.45) is 0 Å². The van der Waals surface area contributed by atoms with Crippen molar-refractivity contribution in [1.82, 2.24) is 24.7 Å². The lowest BCUT2D eigenvalue weighted by atomic mass is 10.0. The van der Waals surface area contributed by atoms with Crippen LogP contribution >= 0.6 is 0 Å². The number of esters is 1. The highest BCUT2D eigenvalue weighted by molar-refractivity contribution is 5.78. The zero-order valence-corrected chi connectivity index (χ0v) is 23.3. The molecule has 0 aliphatic carbocycles. The fourth-order valence-corrected chi connectivity index (χ4v) is 4.45. The Hall–Kier alpha value is -4.87. The summed E-state index contributed by atoms with van der Waals surface area (Å²) in [6.07, 6.45) is -0.316. The Labute approximate surface area is 244 Å². The van der Waals surface area contributed by atoms with E-state index in [1.807, 2.05) is 13.8 Å². The van der Waals surface area contributed by atoms with E-state index >= 15 is 0 Å². The largest absolute Gasteiger partial charge is 0.494 e.